The third-order valence-corrected chi connectivity index (χ3v) is 9.06. The first-order chi connectivity index (χ1) is 28.8. The van der Waals surface area contributed by atoms with E-state index in [0.717, 1.165) is 58.0 Å². The van der Waals surface area contributed by atoms with Gasteiger partial charge in [0.05, 0.1) is 19.8 Å². The standard InChI is InChI=1S/C25H33NO5.C23H29NO5/c1-5-29-23(25(28)30-6-2)17-20-9-13-22(14-10-20)31-16-15-19-7-11-21(12-8-19)26-24(27)18(3)4;1-4-28-21(23(26)27)15-18-7-11-20(12-8-18)29-14-13-17-5-9-19(10-6-17)24-22(25)16(2)3/h7-14,18,23H,5-6,15-17H2,1-4H3,(H,26,27);5-12,16,21H,4,13-15H2,1-3H3,(H,24,25)(H,26,27)/t23-;21-/m00/s1. The number of carbonyl (C=O) groups is 4. The average molecular weight is 827 g/mol. The molecule has 0 aliphatic rings. The third-order valence-electron chi connectivity index (χ3n) is 9.06. The monoisotopic (exact) mass is 826 g/mol. The zero-order valence-corrected chi connectivity index (χ0v) is 36.0. The summed E-state index contributed by atoms with van der Waals surface area (Å²) in [5, 5.41) is 14.9. The number of rotatable bonds is 23. The summed E-state index contributed by atoms with van der Waals surface area (Å²) >= 11 is 0. The second-order valence-corrected chi connectivity index (χ2v) is 14.6. The Kier molecular flexibility index (Phi) is 21.4. The van der Waals surface area contributed by atoms with E-state index in [4.69, 9.17) is 28.8 Å². The molecule has 4 aromatic rings. The summed E-state index contributed by atoms with van der Waals surface area (Å²) in [6.07, 6.45) is 0.863. The lowest BCUT2D eigenvalue weighted by atomic mass is 10.1. The van der Waals surface area contributed by atoms with Crippen molar-refractivity contribution in [1.82, 2.24) is 0 Å². The summed E-state index contributed by atoms with van der Waals surface area (Å²) in [6, 6.07) is 30.6. The van der Waals surface area contributed by atoms with Crippen LogP contribution in [0.1, 0.15) is 70.7 Å². The molecule has 2 atom stereocenters. The minimum atomic E-state index is -0.957. The lowest BCUT2D eigenvalue weighted by Gasteiger charge is -2.16. The number of carboxylic acids is 1. The lowest BCUT2D eigenvalue weighted by Crippen LogP contribution is -2.28. The number of hydrogen-bond acceptors (Lipinski definition) is 9. The molecule has 3 N–H and O–H groups in total. The first-order valence-electron chi connectivity index (χ1n) is 20.7. The predicted molar refractivity (Wildman–Crippen MR) is 234 cm³/mol. The summed E-state index contributed by atoms with van der Waals surface area (Å²) in [5.74, 6) is 0.126. The number of carboxylic acid groups (broad SMARTS) is 1. The molecule has 0 aliphatic heterocycles. The number of carbonyl (C=O) groups excluding carboxylic acids is 3. The molecule has 0 aliphatic carbocycles. The molecule has 0 saturated heterocycles. The number of benzene rings is 4. The molecular weight excluding hydrogens is 765 g/mol. The van der Waals surface area contributed by atoms with E-state index < -0.39 is 18.2 Å². The van der Waals surface area contributed by atoms with Crippen molar-refractivity contribution in [1.29, 1.82) is 0 Å². The van der Waals surface area contributed by atoms with Crippen LogP contribution in [0.2, 0.25) is 0 Å². The van der Waals surface area contributed by atoms with Gasteiger partial charge >= 0.3 is 11.9 Å². The number of amides is 2. The fourth-order valence-electron chi connectivity index (χ4n) is 5.59. The number of hydrogen-bond donors (Lipinski definition) is 3. The Labute approximate surface area is 354 Å². The van der Waals surface area contributed by atoms with Crippen LogP contribution in [0.5, 0.6) is 11.5 Å². The number of aliphatic carboxylic acids is 1. The molecular formula is C48H62N2O10. The van der Waals surface area contributed by atoms with Gasteiger partial charge in [0.25, 0.3) is 0 Å². The first-order valence-corrected chi connectivity index (χ1v) is 20.7. The Morgan fingerprint density at radius 1 is 0.517 bits per heavy atom. The Morgan fingerprint density at radius 3 is 1.23 bits per heavy atom. The second kappa shape index (κ2) is 26.4. The average Bonchev–Trinajstić information content (AvgIpc) is 3.23. The molecule has 324 valence electrons. The molecule has 0 saturated carbocycles. The molecule has 0 spiro atoms. The highest BCUT2D eigenvalue weighted by Gasteiger charge is 2.21. The number of esters is 1. The van der Waals surface area contributed by atoms with Crippen LogP contribution >= 0.6 is 0 Å². The SMILES string of the molecule is CCOC(=O)[C@H](Cc1ccc(OCCc2ccc(NC(=O)C(C)C)cc2)cc1)OCC.CCO[C@@H](Cc1ccc(OCCc2ccc(NC(=O)C(C)C)cc2)cc1)C(=O)O. The minimum Gasteiger partial charge on any atom is -0.493 e. The van der Waals surface area contributed by atoms with Crippen molar-refractivity contribution in [3.8, 4) is 11.5 Å². The maximum absolute atomic E-state index is 12.0. The maximum atomic E-state index is 12.0. The fourth-order valence-corrected chi connectivity index (χ4v) is 5.59. The van der Waals surface area contributed by atoms with E-state index in [9.17, 15) is 19.2 Å². The summed E-state index contributed by atoms with van der Waals surface area (Å²) in [5.41, 5.74) is 5.70. The first kappa shape index (κ1) is 48.6. The number of ether oxygens (including phenoxy) is 5. The van der Waals surface area contributed by atoms with Gasteiger partial charge in [-0.15, -0.1) is 0 Å². The number of nitrogens with one attached hydrogen (secondary N) is 2. The molecule has 0 fully saturated rings. The van der Waals surface area contributed by atoms with Gasteiger partial charge in [-0.05, 0) is 91.6 Å². The van der Waals surface area contributed by atoms with Crippen molar-refractivity contribution in [2.45, 2.75) is 86.4 Å². The van der Waals surface area contributed by atoms with Crippen molar-refractivity contribution < 1.29 is 48.0 Å². The molecule has 0 unspecified atom stereocenters. The van der Waals surface area contributed by atoms with Gasteiger partial charge in [-0.1, -0.05) is 76.2 Å². The summed E-state index contributed by atoms with van der Waals surface area (Å²) < 4.78 is 27.4. The molecule has 2 amide bonds. The highest BCUT2D eigenvalue weighted by molar-refractivity contribution is 5.92. The van der Waals surface area contributed by atoms with Crippen LogP contribution in [0, 0.1) is 11.8 Å². The van der Waals surface area contributed by atoms with Crippen LogP contribution in [-0.4, -0.2) is 74.1 Å². The lowest BCUT2D eigenvalue weighted by molar-refractivity contribution is -0.156. The molecule has 12 nitrogen and oxygen atoms in total. The maximum Gasteiger partial charge on any atom is 0.335 e. The van der Waals surface area contributed by atoms with Crippen molar-refractivity contribution in [2.24, 2.45) is 11.8 Å². The van der Waals surface area contributed by atoms with Gasteiger partial charge in [-0.3, -0.25) is 9.59 Å². The molecule has 4 rings (SSSR count). The topological polar surface area (TPSA) is 159 Å². The summed E-state index contributed by atoms with van der Waals surface area (Å²) in [4.78, 5) is 46.6. The molecule has 0 heterocycles. The molecule has 4 aromatic carbocycles. The van der Waals surface area contributed by atoms with Gasteiger partial charge in [0.15, 0.2) is 12.2 Å². The Balaban J connectivity index is 0.000000321. The van der Waals surface area contributed by atoms with E-state index in [1.165, 1.54) is 0 Å². The van der Waals surface area contributed by atoms with Crippen LogP contribution in [0.3, 0.4) is 0 Å². The highest BCUT2D eigenvalue weighted by atomic mass is 16.6. The Bertz CT molecular complexity index is 1880. The summed E-state index contributed by atoms with van der Waals surface area (Å²) in [7, 11) is 0. The normalized spacial score (nSPS) is 11.8. The van der Waals surface area contributed by atoms with Crippen LogP contribution in [0.15, 0.2) is 97.1 Å². The van der Waals surface area contributed by atoms with E-state index in [-0.39, 0.29) is 29.6 Å². The number of anilines is 2. The predicted octanol–water partition coefficient (Wildman–Crippen LogP) is 8.35. The van der Waals surface area contributed by atoms with Crippen LogP contribution < -0.4 is 20.1 Å². The minimum absolute atomic E-state index is 0.000428. The van der Waals surface area contributed by atoms with Crippen molar-refractivity contribution in [3.63, 3.8) is 0 Å². The van der Waals surface area contributed by atoms with Crippen molar-refractivity contribution in [2.75, 3.05) is 43.7 Å². The Morgan fingerprint density at radius 2 is 0.883 bits per heavy atom. The van der Waals surface area contributed by atoms with Gasteiger partial charge in [0.1, 0.15) is 11.5 Å². The molecule has 60 heavy (non-hydrogen) atoms. The quantitative estimate of drug-likeness (QED) is 0.0621. The summed E-state index contributed by atoms with van der Waals surface area (Å²) in [6.45, 7) is 15.1. The van der Waals surface area contributed by atoms with Crippen molar-refractivity contribution >= 4 is 35.1 Å². The molecule has 0 radical (unpaired) electrons. The van der Waals surface area contributed by atoms with Gasteiger partial charge in [-0.2, -0.15) is 0 Å². The fraction of sp³-hybridized carbons (Fsp3) is 0.417. The van der Waals surface area contributed by atoms with Gasteiger partial charge in [0, 0.05) is 62.1 Å². The smallest absolute Gasteiger partial charge is 0.335 e. The van der Waals surface area contributed by atoms with E-state index in [1.807, 2.05) is 132 Å². The van der Waals surface area contributed by atoms with E-state index >= 15 is 0 Å². The van der Waals surface area contributed by atoms with E-state index in [1.54, 1.807) is 13.8 Å². The zero-order chi connectivity index (χ0) is 43.9. The van der Waals surface area contributed by atoms with Gasteiger partial charge < -0.3 is 39.4 Å². The second-order valence-electron chi connectivity index (χ2n) is 14.6. The van der Waals surface area contributed by atoms with E-state index in [0.29, 0.717) is 45.9 Å². The van der Waals surface area contributed by atoms with Crippen LogP contribution in [0.25, 0.3) is 0 Å². The zero-order valence-electron chi connectivity index (χ0n) is 36.0. The van der Waals surface area contributed by atoms with Gasteiger partial charge in [0.2, 0.25) is 11.8 Å². The molecule has 0 bridgehead atoms. The van der Waals surface area contributed by atoms with E-state index in [2.05, 4.69) is 10.6 Å². The van der Waals surface area contributed by atoms with Crippen molar-refractivity contribution in [3.05, 3.63) is 119 Å². The van der Waals surface area contributed by atoms with Crippen LogP contribution in [-0.2, 0) is 59.1 Å². The van der Waals surface area contributed by atoms with Gasteiger partial charge in [-0.25, -0.2) is 9.59 Å². The molecule has 12 heteroatoms. The van der Waals surface area contributed by atoms with Crippen LogP contribution in [0.4, 0.5) is 11.4 Å². The highest BCUT2D eigenvalue weighted by Crippen LogP contribution is 2.18. The largest absolute Gasteiger partial charge is 0.493 e. The third kappa shape index (κ3) is 18.0. The molecule has 0 aromatic heterocycles. The Hall–Kier alpha value is -5.72.